The molecule has 1 nitrogen and oxygen atoms in total. The van der Waals surface area contributed by atoms with Crippen molar-refractivity contribution in [3.8, 4) is 0 Å². The fourth-order valence-corrected chi connectivity index (χ4v) is 1.22. The Bertz CT molecular complexity index is 123. The van der Waals surface area contributed by atoms with E-state index in [-0.39, 0.29) is 0 Å². The van der Waals surface area contributed by atoms with Crippen LogP contribution in [-0.4, -0.2) is 30.9 Å². The van der Waals surface area contributed by atoms with E-state index in [2.05, 4.69) is 25.5 Å². The monoisotopic (exact) mass is 189 g/mol. The van der Waals surface area contributed by atoms with E-state index in [1.807, 2.05) is 0 Å². The number of nitrogens with zero attached hydrogens (tertiary/aromatic N) is 1. The first-order valence-corrected chi connectivity index (χ1v) is 5.15. The first-order valence-electron chi connectivity index (χ1n) is 4.61. The summed E-state index contributed by atoms with van der Waals surface area (Å²) in [5.41, 5.74) is 1.11. The van der Waals surface area contributed by atoms with Gasteiger partial charge in [0.2, 0.25) is 0 Å². The zero-order valence-corrected chi connectivity index (χ0v) is 9.03. The van der Waals surface area contributed by atoms with E-state index in [1.165, 1.54) is 19.3 Å². The van der Waals surface area contributed by atoms with Crippen molar-refractivity contribution in [2.45, 2.75) is 26.2 Å². The Morgan fingerprint density at radius 3 is 2.58 bits per heavy atom. The predicted molar refractivity (Wildman–Crippen MR) is 56.9 cm³/mol. The van der Waals surface area contributed by atoms with Crippen LogP contribution in [0.15, 0.2) is 12.2 Å². The third kappa shape index (κ3) is 6.68. The van der Waals surface area contributed by atoms with Crippen LogP contribution in [0.3, 0.4) is 0 Å². The molecule has 0 saturated carbocycles. The van der Waals surface area contributed by atoms with E-state index >= 15 is 0 Å². The van der Waals surface area contributed by atoms with Crippen molar-refractivity contribution >= 4 is 11.6 Å². The van der Waals surface area contributed by atoms with Gasteiger partial charge in [-0.05, 0) is 25.6 Å². The maximum atomic E-state index is 5.63. The lowest BCUT2D eigenvalue weighted by Crippen LogP contribution is -2.22. The van der Waals surface area contributed by atoms with Crippen LogP contribution in [0.1, 0.15) is 26.2 Å². The Kier molecular flexibility index (Phi) is 7.62. The van der Waals surface area contributed by atoms with Crippen LogP contribution in [-0.2, 0) is 0 Å². The molecule has 12 heavy (non-hydrogen) atoms. The maximum absolute atomic E-state index is 5.63. The average molecular weight is 190 g/mol. The number of unbranched alkanes of at least 4 members (excludes halogenated alkanes) is 2. The van der Waals surface area contributed by atoms with Gasteiger partial charge in [0.15, 0.2) is 0 Å². The highest BCUT2D eigenvalue weighted by Gasteiger charge is 1.99. The highest BCUT2D eigenvalue weighted by atomic mass is 35.5. The lowest BCUT2D eigenvalue weighted by Gasteiger charge is -2.16. The van der Waals surface area contributed by atoms with Crippen molar-refractivity contribution < 1.29 is 0 Å². The number of halogens is 1. The molecule has 0 amide bonds. The molecule has 0 bridgehead atoms. The topological polar surface area (TPSA) is 3.24 Å². The molecule has 2 heteroatoms. The number of hydrogen-bond acceptors (Lipinski definition) is 1. The summed E-state index contributed by atoms with van der Waals surface area (Å²) in [7, 11) is 2.12. The van der Waals surface area contributed by atoms with Crippen molar-refractivity contribution in [2.75, 3.05) is 26.0 Å². The number of alkyl halides is 1. The van der Waals surface area contributed by atoms with Crippen LogP contribution in [0.5, 0.6) is 0 Å². The Labute approximate surface area is 81.4 Å². The molecule has 0 rings (SSSR count). The third-order valence-electron chi connectivity index (χ3n) is 1.83. The summed E-state index contributed by atoms with van der Waals surface area (Å²) in [5, 5.41) is 0. The van der Waals surface area contributed by atoms with Crippen LogP contribution in [0.25, 0.3) is 0 Å². The second kappa shape index (κ2) is 7.63. The quantitative estimate of drug-likeness (QED) is 0.338. The second-order valence-corrected chi connectivity index (χ2v) is 3.60. The molecule has 0 N–H and O–H groups in total. The molecule has 72 valence electrons. The summed E-state index contributed by atoms with van der Waals surface area (Å²) >= 11 is 5.63. The minimum absolute atomic E-state index is 0.581. The lowest BCUT2D eigenvalue weighted by atomic mass is 10.2. The van der Waals surface area contributed by atoms with E-state index < -0.39 is 0 Å². The SMILES string of the molecule is C=C(CCl)CN(C)CCCCC. The summed E-state index contributed by atoms with van der Waals surface area (Å²) in [4.78, 5) is 2.28. The van der Waals surface area contributed by atoms with Gasteiger partial charge in [0, 0.05) is 12.4 Å². The average Bonchev–Trinajstić information content (AvgIpc) is 2.05. The van der Waals surface area contributed by atoms with Crippen LogP contribution < -0.4 is 0 Å². The fraction of sp³-hybridized carbons (Fsp3) is 0.800. The van der Waals surface area contributed by atoms with Crippen molar-refractivity contribution in [3.05, 3.63) is 12.2 Å². The highest BCUT2D eigenvalue weighted by Crippen LogP contribution is 2.00. The molecular weight excluding hydrogens is 170 g/mol. The lowest BCUT2D eigenvalue weighted by molar-refractivity contribution is 0.352. The summed E-state index contributed by atoms with van der Waals surface area (Å²) in [5.74, 6) is 0.581. The molecule has 0 unspecified atom stereocenters. The molecule has 0 aromatic heterocycles. The molecule has 0 radical (unpaired) electrons. The van der Waals surface area contributed by atoms with Gasteiger partial charge in [-0.2, -0.15) is 0 Å². The number of hydrogen-bond donors (Lipinski definition) is 0. The summed E-state index contributed by atoms with van der Waals surface area (Å²) < 4.78 is 0. The normalized spacial score (nSPS) is 10.7. The summed E-state index contributed by atoms with van der Waals surface area (Å²) in [6.07, 6.45) is 3.88. The molecule has 0 atom stereocenters. The molecule has 0 fully saturated rings. The second-order valence-electron chi connectivity index (χ2n) is 3.33. The molecule has 0 aliphatic heterocycles. The standard InChI is InChI=1S/C10H20ClN/c1-4-5-6-7-12(3)9-10(2)8-11/h2,4-9H2,1,3H3. The molecule has 0 spiro atoms. The van der Waals surface area contributed by atoms with Crippen molar-refractivity contribution in [3.63, 3.8) is 0 Å². The van der Waals surface area contributed by atoms with Crippen molar-refractivity contribution in [1.29, 1.82) is 0 Å². The van der Waals surface area contributed by atoms with E-state index in [9.17, 15) is 0 Å². The van der Waals surface area contributed by atoms with Gasteiger partial charge in [-0.15, -0.1) is 11.6 Å². The van der Waals surface area contributed by atoms with Crippen LogP contribution in [0.4, 0.5) is 0 Å². The van der Waals surface area contributed by atoms with Gasteiger partial charge in [-0.1, -0.05) is 26.3 Å². The van der Waals surface area contributed by atoms with Crippen LogP contribution in [0.2, 0.25) is 0 Å². The largest absolute Gasteiger partial charge is 0.302 e. The smallest absolute Gasteiger partial charge is 0.0443 e. The van der Waals surface area contributed by atoms with Gasteiger partial charge in [-0.25, -0.2) is 0 Å². The molecule has 0 aromatic carbocycles. The zero-order valence-electron chi connectivity index (χ0n) is 8.27. The van der Waals surface area contributed by atoms with Gasteiger partial charge in [-0.3, -0.25) is 0 Å². The Hall–Kier alpha value is -0.0100. The predicted octanol–water partition coefficient (Wildman–Crippen LogP) is 2.90. The van der Waals surface area contributed by atoms with Gasteiger partial charge in [0.1, 0.15) is 0 Å². The Morgan fingerprint density at radius 2 is 2.08 bits per heavy atom. The highest BCUT2D eigenvalue weighted by molar-refractivity contribution is 6.19. The minimum atomic E-state index is 0.581. The first-order chi connectivity index (χ1) is 5.70. The molecule has 0 aliphatic rings. The van der Waals surface area contributed by atoms with Gasteiger partial charge in [0.25, 0.3) is 0 Å². The van der Waals surface area contributed by atoms with Crippen molar-refractivity contribution in [2.24, 2.45) is 0 Å². The van der Waals surface area contributed by atoms with Gasteiger partial charge >= 0.3 is 0 Å². The Balaban J connectivity index is 3.32. The summed E-state index contributed by atoms with van der Waals surface area (Å²) in [6, 6.07) is 0. The van der Waals surface area contributed by atoms with Crippen LogP contribution in [0, 0.1) is 0 Å². The van der Waals surface area contributed by atoms with E-state index in [4.69, 9.17) is 11.6 Å². The zero-order chi connectivity index (χ0) is 9.40. The number of likely N-dealkylation sites (N-methyl/N-ethyl adjacent to an activating group) is 1. The first kappa shape index (κ1) is 12.0. The molecule has 0 saturated heterocycles. The van der Waals surface area contributed by atoms with Gasteiger partial charge in [0.05, 0.1) is 0 Å². The van der Waals surface area contributed by atoms with E-state index in [1.54, 1.807) is 0 Å². The minimum Gasteiger partial charge on any atom is -0.302 e. The molecule has 0 heterocycles. The summed E-state index contributed by atoms with van der Waals surface area (Å²) in [6.45, 7) is 8.18. The fourth-order valence-electron chi connectivity index (χ4n) is 1.13. The third-order valence-corrected chi connectivity index (χ3v) is 2.20. The maximum Gasteiger partial charge on any atom is 0.0443 e. The van der Waals surface area contributed by atoms with E-state index in [0.717, 1.165) is 18.7 Å². The molecule has 0 aromatic rings. The van der Waals surface area contributed by atoms with Gasteiger partial charge < -0.3 is 4.90 Å². The van der Waals surface area contributed by atoms with Crippen molar-refractivity contribution in [1.82, 2.24) is 4.90 Å². The molecular formula is C10H20ClN. The Morgan fingerprint density at radius 1 is 1.42 bits per heavy atom. The van der Waals surface area contributed by atoms with E-state index in [0.29, 0.717) is 5.88 Å². The van der Waals surface area contributed by atoms with Crippen LogP contribution >= 0.6 is 11.6 Å². The number of rotatable bonds is 7. The molecule has 0 aliphatic carbocycles.